The summed E-state index contributed by atoms with van der Waals surface area (Å²) in [4.78, 5) is 15.8. The lowest BCUT2D eigenvalue weighted by atomic mass is 9.72. The summed E-state index contributed by atoms with van der Waals surface area (Å²) in [6.45, 7) is 42.9. The summed E-state index contributed by atoms with van der Waals surface area (Å²) in [5.74, 6) is 3.77. The van der Waals surface area contributed by atoms with Crippen LogP contribution in [0.4, 0.5) is 5.69 Å². The van der Waals surface area contributed by atoms with Gasteiger partial charge >= 0.3 is 0 Å². The number of anilines is 1. The highest BCUT2D eigenvalue weighted by molar-refractivity contribution is 5.49. The maximum Gasteiger partial charge on any atom is 0.0369 e. The molecular formula is C57H92N6. The van der Waals surface area contributed by atoms with Crippen molar-refractivity contribution in [3.05, 3.63) is 101 Å². The Labute approximate surface area is 387 Å². The fraction of sp³-hybridized carbons (Fsp3) is 0.684. The van der Waals surface area contributed by atoms with Crippen LogP contribution in [0.25, 0.3) is 0 Å². The molecule has 5 aliphatic heterocycles. The molecule has 3 aromatic rings. The first-order valence-electron chi connectivity index (χ1n) is 26.0. The number of hydrogen-bond acceptors (Lipinski definition) is 6. The van der Waals surface area contributed by atoms with Crippen molar-refractivity contribution in [2.75, 3.05) is 96.5 Å². The molecule has 6 heteroatoms. The molecule has 0 N–H and O–H groups in total. The van der Waals surface area contributed by atoms with E-state index in [9.17, 15) is 0 Å². The van der Waals surface area contributed by atoms with Gasteiger partial charge in [0, 0.05) is 89.1 Å². The maximum atomic E-state index is 2.70. The van der Waals surface area contributed by atoms with Gasteiger partial charge in [0.15, 0.2) is 0 Å². The third-order valence-electron chi connectivity index (χ3n) is 15.7. The molecule has 5 aliphatic rings. The molecule has 0 saturated carbocycles. The first-order valence-corrected chi connectivity index (χ1v) is 26.0. The monoisotopic (exact) mass is 861 g/mol. The molecular weight excluding hydrogens is 769 g/mol. The van der Waals surface area contributed by atoms with Crippen LogP contribution in [0, 0.1) is 17.3 Å². The number of piperidine rings is 2. The van der Waals surface area contributed by atoms with Gasteiger partial charge in [-0.3, -0.25) is 19.6 Å². The minimum Gasteiger partial charge on any atom is -0.369 e. The predicted octanol–water partition coefficient (Wildman–Crippen LogP) is 11.8. The Morgan fingerprint density at radius 3 is 1.51 bits per heavy atom. The van der Waals surface area contributed by atoms with Crippen molar-refractivity contribution in [3.8, 4) is 0 Å². The number of piperazine rings is 1. The van der Waals surface area contributed by atoms with Crippen molar-refractivity contribution in [3.63, 3.8) is 0 Å². The lowest BCUT2D eigenvalue weighted by Gasteiger charge is -2.62. The third kappa shape index (κ3) is 14.6. The normalized spacial score (nSPS) is 21.2. The standard InChI is InChI=1S/C21H35N3.C19H30N2.C17H27N/c1-4-22-10-8-19(9-11-22)17-23-12-14-24(15-13-23)21-7-5-6-20(16-21)18(2)3;1-5-16(4)21-13-19(14-21)11-20(12-19)10-17-7-6-8-18(9-17)15(2)3;1-4-15-8-10-18(11-9-15)13-16-6-5-7-17(12-16)14(2)3/h5-7,16,18-19H,4,8-15,17H2,1-3H3;6-9,15-16H,5,10-14H2,1-4H3;5-7,12,14-15H,4,8-11,13H2,1-3H3. The predicted molar refractivity (Wildman–Crippen MR) is 272 cm³/mol. The number of rotatable bonds is 14. The van der Waals surface area contributed by atoms with Crippen LogP contribution in [0.15, 0.2) is 72.8 Å². The Balaban J connectivity index is 0.000000159. The molecule has 8 rings (SSSR count). The van der Waals surface area contributed by atoms with E-state index in [1.165, 1.54) is 164 Å². The summed E-state index contributed by atoms with van der Waals surface area (Å²) in [6.07, 6.45) is 8.20. The van der Waals surface area contributed by atoms with Crippen molar-refractivity contribution >= 4 is 5.69 Å². The number of nitrogens with zero attached hydrogens (tertiary/aromatic N) is 6. The van der Waals surface area contributed by atoms with E-state index in [4.69, 9.17) is 0 Å². The van der Waals surface area contributed by atoms with Crippen LogP contribution in [0.2, 0.25) is 0 Å². The van der Waals surface area contributed by atoms with Gasteiger partial charge in [0.2, 0.25) is 0 Å². The zero-order valence-electron chi connectivity index (χ0n) is 42.1. The first-order chi connectivity index (χ1) is 30.3. The van der Waals surface area contributed by atoms with Crippen molar-refractivity contribution < 1.29 is 0 Å². The minimum absolute atomic E-state index is 0.611. The maximum absolute atomic E-state index is 2.70. The summed E-state index contributed by atoms with van der Waals surface area (Å²) in [6, 6.07) is 28.2. The molecule has 0 radical (unpaired) electrons. The van der Waals surface area contributed by atoms with E-state index in [0.717, 1.165) is 31.0 Å². The molecule has 6 nitrogen and oxygen atoms in total. The number of likely N-dealkylation sites (tertiary alicyclic amines) is 4. The highest BCUT2D eigenvalue weighted by atomic mass is 15.3. The van der Waals surface area contributed by atoms with Crippen LogP contribution in [0.3, 0.4) is 0 Å². The summed E-state index contributed by atoms with van der Waals surface area (Å²) < 4.78 is 0. The lowest BCUT2D eigenvalue weighted by molar-refractivity contribution is -0.131. The van der Waals surface area contributed by atoms with Crippen LogP contribution in [-0.2, 0) is 13.1 Å². The summed E-state index contributed by atoms with van der Waals surface area (Å²) in [7, 11) is 0. The van der Waals surface area contributed by atoms with Crippen LogP contribution in [0.1, 0.15) is 153 Å². The highest BCUT2D eigenvalue weighted by Gasteiger charge is 2.52. The second-order valence-electron chi connectivity index (χ2n) is 21.6. The highest BCUT2D eigenvalue weighted by Crippen LogP contribution is 2.41. The van der Waals surface area contributed by atoms with Gasteiger partial charge in [-0.15, -0.1) is 0 Å². The smallest absolute Gasteiger partial charge is 0.0369 e. The third-order valence-corrected chi connectivity index (χ3v) is 15.7. The zero-order valence-corrected chi connectivity index (χ0v) is 42.1. The second-order valence-corrected chi connectivity index (χ2v) is 21.6. The molecule has 3 aromatic carbocycles. The van der Waals surface area contributed by atoms with Gasteiger partial charge in [0.05, 0.1) is 0 Å². The van der Waals surface area contributed by atoms with Gasteiger partial charge in [-0.2, -0.15) is 0 Å². The van der Waals surface area contributed by atoms with E-state index in [1.807, 2.05) is 0 Å². The van der Waals surface area contributed by atoms with Crippen LogP contribution in [-0.4, -0.2) is 122 Å². The number of hydrogen-bond donors (Lipinski definition) is 0. The molecule has 1 spiro atoms. The molecule has 5 saturated heterocycles. The average molecular weight is 861 g/mol. The minimum atomic E-state index is 0.611. The van der Waals surface area contributed by atoms with Crippen molar-refractivity contribution in [1.29, 1.82) is 0 Å². The molecule has 5 fully saturated rings. The average Bonchev–Trinajstić information content (AvgIpc) is 3.28. The van der Waals surface area contributed by atoms with E-state index in [0.29, 0.717) is 23.2 Å². The Kier molecular flexibility index (Phi) is 19.0. The molecule has 0 amide bonds. The van der Waals surface area contributed by atoms with Gasteiger partial charge in [-0.25, -0.2) is 0 Å². The lowest BCUT2D eigenvalue weighted by Crippen LogP contribution is -2.72. The van der Waals surface area contributed by atoms with Gasteiger partial charge in [-0.05, 0) is 141 Å². The molecule has 5 heterocycles. The first kappa shape index (κ1) is 49.7. The van der Waals surface area contributed by atoms with E-state index in [-0.39, 0.29) is 0 Å². The molecule has 350 valence electrons. The van der Waals surface area contributed by atoms with E-state index in [1.54, 1.807) is 0 Å². The molecule has 0 aliphatic carbocycles. The number of benzene rings is 3. The van der Waals surface area contributed by atoms with Gasteiger partial charge in [0.25, 0.3) is 0 Å². The summed E-state index contributed by atoms with van der Waals surface area (Å²) in [5.41, 5.74) is 9.41. The van der Waals surface area contributed by atoms with E-state index >= 15 is 0 Å². The molecule has 1 atom stereocenters. The van der Waals surface area contributed by atoms with Gasteiger partial charge in [-0.1, -0.05) is 129 Å². The van der Waals surface area contributed by atoms with Crippen LogP contribution < -0.4 is 4.90 Å². The van der Waals surface area contributed by atoms with E-state index < -0.39 is 0 Å². The SMILES string of the molecule is CCC(C)N1CC2(CN(Cc3cccc(C(C)C)c3)C2)C1.CCC1CCN(Cc2cccc(C(C)C)c2)CC1.CCN1CCC(CN2CCN(c3cccc(C(C)C)c3)CC2)CC1. The quantitative estimate of drug-likeness (QED) is 0.160. The summed E-state index contributed by atoms with van der Waals surface area (Å²) >= 11 is 0. The Bertz CT molecular complexity index is 1750. The Morgan fingerprint density at radius 1 is 0.508 bits per heavy atom. The fourth-order valence-corrected chi connectivity index (χ4v) is 10.9. The molecule has 0 aromatic heterocycles. The largest absolute Gasteiger partial charge is 0.369 e. The van der Waals surface area contributed by atoms with Crippen molar-refractivity contribution in [1.82, 2.24) is 24.5 Å². The van der Waals surface area contributed by atoms with Crippen LogP contribution >= 0.6 is 0 Å². The molecule has 0 bridgehead atoms. The van der Waals surface area contributed by atoms with E-state index in [2.05, 4.69) is 171 Å². The fourth-order valence-electron chi connectivity index (χ4n) is 10.9. The second kappa shape index (κ2) is 24.2. The van der Waals surface area contributed by atoms with Crippen LogP contribution in [0.5, 0.6) is 0 Å². The molecule has 1 unspecified atom stereocenters. The van der Waals surface area contributed by atoms with Crippen molar-refractivity contribution in [2.45, 2.75) is 145 Å². The topological polar surface area (TPSA) is 19.4 Å². The zero-order chi connectivity index (χ0) is 44.9. The van der Waals surface area contributed by atoms with Gasteiger partial charge in [0.1, 0.15) is 0 Å². The Hall–Kier alpha value is -2.74. The summed E-state index contributed by atoms with van der Waals surface area (Å²) in [5, 5.41) is 0. The molecule has 63 heavy (non-hydrogen) atoms. The van der Waals surface area contributed by atoms with Gasteiger partial charge < -0.3 is 9.80 Å². The Morgan fingerprint density at radius 2 is 1.00 bits per heavy atom. The van der Waals surface area contributed by atoms with Crippen molar-refractivity contribution in [2.24, 2.45) is 17.3 Å².